The van der Waals surface area contributed by atoms with Crippen LogP contribution in [0.2, 0.25) is 0 Å². The molecule has 0 unspecified atom stereocenters. The summed E-state index contributed by atoms with van der Waals surface area (Å²) in [7, 11) is 2.06. The molecule has 0 bridgehead atoms. The molecule has 1 aromatic heterocycles. The number of likely N-dealkylation sites (N-methyl/N-ethyl adjacent to an activating group) is 1. The molecule has 21 heavy (non-hydrogen) atoms. The van der Waals surface area contributed by atoms with Gasteiger partial charge < -0.3 is 10.0 Å². The standard InChI is InChI=1S/C16H18BrNO2S/c1-11-15(17)9-13(21-11)10-18(2)8-7-12-5-3-4-6-14(12)16(19)20/h3-6,9H,7-8,10H2,1-2H3,(H,19,20). The van der Waals surface area contributed by atoms with Crippen LogP contribution < -0.4 is 0 Å². The third-order valence-corrected chi connectivity index (χ3v) is 5.47. The summed E-state index contributed by atoms with van der Waals surface area (Å²) in [6.07, 6.45) is 0.741. The molecule has 0 spiro atoms. The van der Waals surface area contributed by atoms with Crippen molar-refractivity contribution in [2.24, 2.45) is 0 Å². The van der Waals surface area contributed by atoms with Crippen molar-refractivity contribution in [1.29, 1.82) is 0 Å². The molecule has 0 aliphatic carbocycles. The summed E-state index contributed by atoms with van der Waals surface area (Å²) >= 11 is 5.32. The van der Waals surface area contributed by atoms with Gasteiger partial charge in [-0.05, 0) is 54.0 Å². The molecule has 0 radical (unpaired) electrons. The van der Waals surface area contributed by atoms with Crippen molar-refractivity contribution >= 4 is 33.2 Å². The number of rotatable bonds is 6. The van der Waals surface area contributed by atoms with Crippen LogP contribution in [0.15, 0.2) is 34.8 Å². The van der Waals surface area contributed by atoms with Crippen LogP contribution in [0.25, 0.3) is 0 Å². The summed E-state index contributed by atoms with van der Waals surface area (Å²) in [6.45, 7) is 3.81. The minimum Gasteiger partial charge on any atom is -0.478 e. The second-order valence-corrected chi connectivity index (χ2v) is 7.26. The molecule has 3 nitrogen and oxygen atoms in total. The van der Waals surface area contributed by atoms with E-state index >= 15 is 0 Å². The van der Waals surface area contributed by atoms with Crippen LogP contribution in [-0.4, -0.2) is 29.6 Å². The zero-order chi connectivity index (χ0) is 15.4. The van der Waals surface area contributed by atoms with Gasteiger partial charge in [0.1, 0.15) is 0 Å². The van der Waals surface area contributed by atoms with Gasteiger partial charge in [-0.1, -0.05) is 18.2 Å². The van der Waals surface area contributed by atoms with Crippen LogP contribution in [-0.2, 0) is 13.0 Å². The zero-order valence-electron chi connectivity index (χ0n) is 12.1. The fraction of sp³-hybridized carbons (Fsp3) is 0.312. The molecule has 5 heteroatoms. The fourth-order valence-electron chi connectivity index (χ4n) is 2.20. The normalized spacial score (nSPS) is 11.0. The fourth-order valence-corrected chi connectivity index (χ4v) is 3.88. The Balaban J connectivity index is 1.95. The van der Waals surface area contributed by atoms with Crippen LogP contribution >= 0.6 is 27.3 Å². The van der Waals surface area contributed by atoms with E-state index in [1.54, 1.807) is 23.5 Å². The van der Waals surface area contributed by atoms with Crippen LogP contribution in [0, 0.1) is 6.92 Å². The summed E-state index contributed by atoms with van der Waals surface area (Å²) < 4.78 is 1.16. The predicted octanol–water partition coefficient (Wildman–Crippen LogP) is 4.19. The highest BCUT2D eigenvalue weighted by molar-refractivity contribution is 9.10. The maximum atomic E-state index is 11.2. The van der Waals surface area contributed by atoms with Crippen molar-refractivity contribution in [1.82, 2.24) is 4.90 Å². The van der Waals surface area contributed by atoms with E-state index in [9.17, 15) is 9.90 Å². The van der Waals surface area contributed by atoms with E-state index in [2.05, 4.69) is 40.9 Å². The Bertz CT molecular complexity index is 619. The van der Waals surface area contributed by atoms with E-state index in [4.69, 9.17) is 0 Å². The molecule has 2 aromatic rings. The van der Waals surface area contributed by atoms with Gasteiger partial charge in [-0.25, -0.2) is 4.79 Å². The number of carbonyl (C=O) groups is 1. The Morgan fingerprint density at radius 3 is 2.71 bits per heavy atom. The quantitative estimate of drug-likeness (QED) is 0.831. The Hall–Kier alpha value is -1.17. The molecule has 2 rings (SSSR count). The molecule has 0 aliphatic rings. The van der Waals surface area contributed by atoms with Crippen LogP contribution in [0.3, 0.4) is 0 Å². The molecular weight excluding hydrogens is 350 g/mol. The Labute approximate surface area is 137 Å². The predicted molar refractivity (Wildman–Crippen MR) is 90.2 cm³/mol. The summed E-state index contributed by atoms with van der Waals surface area (Å²) in [5, 5.41) is 9.18. The summed E-state index contributed by atoms with van der Waals surface area (Å²) in [5.41, 5.74) is 1.29. The van der Waals surface area contributed by atoms with E-state index in [1.165, 1.54) is 9.75 Å². The number of aryl methyl sites for hydroxylation is 1. The van der Waals surface area contributed by atoms with Crippen molar-refractivity contribution in [2.75, 3.05) is 13.6 Å². The summed E-state index contributed by atoms with van der Waals surface area (Å²) in [4.78, 5) is 16.0. The molecular formula is C16H18BrNO2S. The highest BCUT2D eigenvalue weighted by Gasteiger charge is 2.10. The van der Waals surface area contributed by atoms with Crippen LogP contribution in [0.1, 0.15) is 25.7 Å². The van der Waals surface area contributed by atoms with Crippen LogP contribution in [0.5, 0.6) is 0 Å². The van der Waals surface area contributed by atoms with Gasteiger partial charge in [-0.15, -0.1) is 11.3 Å². The molecule has 112 valence electrons. The molecule has 1 heterocycles. The molecule has 0 fully saturated rings. The maximum absolute atomic E-state index is 11.2. The Kier molecular flexibility index (Phi) is 5.56. The largest absolute Gasteiger partial charge is 0.478 e. The topological polar surface area (TPSA) is 40.5 Å². The first-order chi connectivity index (χ1) is 9.97. The average molecular weight is 368 g/mol. The lowest BCUT2D eigenvalue weighted by Crippen LogP contribution is -2.21. The van der Waals surface area contributed by atoms with Gasteiger partial charge in [-0.2, -0.15) is 0 Å². The van der Waals surface area contributed by atoms with Crippen molar-refractivity contribution in [3.8, 4) is 0 Å². The third kappa shape index (κ3) is 4.40. The van der Waals surface area contributed by atoms with Gasteiger partial charge in [0.15, 0.2) is 0 Å². The van der Waals surface area contributed by atoms with Crippen molar-refractivity contribution < 1.29 is 9.90 Å². The lowest BCUT2D eigenvalue weighted by molar-refractivity contribution is 0.0695. The summed E-state index contributed by atoms with van der Waals surface area (Å²) in [6, 6.07) is 9.37. The number of nitrogens with zero attached hydrogens (tertiary/aromatic N) is 1. The Morgan fingerprint density at radius 1 is 1.38 bits per heavy atom. The van der Waals surface area contributed by atoms with Gasteiger partial charge in [-0.3, -0.25) is 0 Å². The third-order valence-electron chi connectivity index (χ3n) is 3.34. The number of benzene rings is 1. The van der Waals surface area contributed by atoms with Gasteiger partial charge in [0, 0.05) is 27.3 Å². The number of halogens is 1. The van der Waals surface area contributed by atoms with Crippen LogP contribution in [0.4, 0.5) is 0 Å². The minimum absolute atomic E-state index is 0.403. The van der Waals surface area contributed by atoms with Gasteiger partial charge >= 0.3 is 5.97 Å². The lowest BCUT2D eigenvalue weighted by Gasteiger charge is -2.16. The number of hydrogen-bond acceptors (Lipinski definition) is 3. The number of aromatic carboxylic acids is 1. The molecule has 0 saturated carbocycles. The van der Waals surface area contributed by atoms with E-state index in [0.717, 1.165) is 29.5 Å². The van der Waals surface area contributed by atoms with Crippen molar-refractivity contribution in [2.45, 2.75) is 19.9 Å². The van der Waals surface area contributed by atoms with Gasteiger partial charge in [0.25, 0.3) is 0 Å². The monoisotopic (exact) mass is 367 g/mol. The first-order valence-electron chi connectivity index (χ1n) is 6.72. The lowest BCUT2D eigenvalue weighted by atomic mass is 10.0. The van der Waals surface area contributed by atoms with E-state index in [1.807, 2.05) is 12.1 Å². The highest BCUT2D eigenvalue weighted by Crippen LogP contribution is 2.27. The zero-order valence-corrected chi connectivity index (χ0v) is 14.5. The van der Waals surface area contributed by atoms with Crippen molar-refractivity contribution in [3.63, 3.8) is 0 Å². The number of thiophene rings is 1. The Morgan fingerprint density at radius 2 is 2.10 bits per heavy atom. The first kappa shape index (κ1) is 16.2. The van der Waals surface area contributed by atoms with Crippen molar-refractivity contribution in [3.05, 3.63) is 55.7 Å². The molecule has 1 N–H and O–H groups in total. The highest BCUT2D eigenvalue weighted by atomic mass is 79.9. The average Bonchev–Trinajstić information content (AvgIpc) is 2.75. The molecule has 1 aromatic carbocycles. The summed E-state index contributed by atoms with van der Waals surface area (Å²) in [5.74, 6) is -0.855. The molecule has 0 saturated heterocycles. The maximum Gasteiger partial charge on any atom is 0.335 e. The molecule has 0 aliphatic heterocycles. The second kappa shape index (κ2) is 7.20. The number of hydrogen-bond donors (Lipinski definition) is 1. The smallest absolute Gasteiger partial charge is 0.335 e. The molecule has 0 amide bonds. The second-order valence-electron chi connectivity index (χ2n) is 5.07. The van der Waals surface area contributed by atoms with Gasteiger partial charge in [0.05, 0.1) is 5.56 Å². The number of carboxylic acid groups (broad SMARTS) is 1. The molecule has 0 atom stereocenters. The van der Waals surface area contributed by atoms with E-state index < -0.39 is 5.97 Å². The SMILES string of the molecule is Cc1sc(CN(C)CCc2ccccc2C(=O)O)cc1Br. The van der Waals surface area contributed by atoms with Gasteiger partial charge in [0.2, 0.25) is 0 Å². The van der Waals surface area contributed by atoms with E-state index in [0.29, 0.717) is 5.56 Å². The first-order valence-corrected chi connectivity index (χ1v) is 8.33. The number of carboxylic acids is 1. The minimum atomic E-state index is -0.855. The van der Waals surface area contributed by atoms with E-state index in [-0.39, 0.29) is 0 Å².